The molecule has 0 atom stereocenters. The van der Waals surface area contributed by atoms with E-state index in [-0.39, 0.29) is 5.41 Å². The number of benzene rings is 6. The second-order valence-corrected chi connectivity index (χ2v) is 13.4. The third-order valence-corrected chi connectivity index (χ3v) is 10.1. The highest BCUT2D eigenvalue weighted by atomic mass is 16.3. The van der Waals surface area contributed by atoms with E-state index >= 15 is 0 Å². The van der Waals surface area contributed by atoms with Gasteiger partial charge in [-0.15, -0.1) is 0 Å². The Balaban J connectivity index is 1.18. The summed E-state index contributed by atoms with van der Waals surface area (Å²) in [5.74, 6) is 1.47. The second-order valence-electron chi connectivity index (χ2n) is 13.4. The molecule has 4 heteroatoms. The first-order valence-electron chi connectivity index (χ1n) is 16.7. The van der Waals surface area contributed by atoms with Gasteiger partial charge in [0.1, 0.15) is 22.5 Å². The number of hydrogen-bond donors (Lipinski definition) is 0. The van der Waals surface area contributed by atoms with Crippen LogP contribution in [0.3, 0.4) is 0 Å². The first-order chi connectivity index (χ1) is 24.0. The van der Waals surface area contributed by atoms with Crippen LogP contribution in [0.1, 0.15) is 25.0 Å². The molecule has 49 heavy (non-hydrogen) atoms. The molecule has 0 fully saturated rings. The molecule has 232 valence electrons. The molecule has 9 aromatic rings. The summed E-state index contributed by atoms with van der Waals surface area (Å²) in [4.78, 5) is 10.6. The average Bonchev–Trinajstić information content (AvgIpc) is 3.82. The van der Waals surface area contributed by atoms with Crippen LogP contribution in [0.25, 0.3) is 89.3 Å². The summed E-state index contributed by atoms with van der Waals surface area (Å²) in [6.45, 7) is 4.62. The molecule has 0 spiro atoms. The van der Waals surface area contributed by atoms with E-state index in [0.717, 1.165) is 72.3 Å². The van der Waals surface area contributed by atoms with E-state index in [2.05, 4.69) is 123 Å². The SMILES string of the molecule is CC1(C)c2ccccc2-c2c(-c3cc(-c4ccc(-c5cc6ccccc6o5)cc4)nc(-c4cccc5c4oc4ccccc45)n3)cccc21. The number of rotatable bonds is 4. The van der Waals surface area contributed by atoms with Gasteiger partial charge in [0.15, 0.2) is 5.82 Å². The van der Waals surface area contributed by atoms with Crippen molar-refractivity contribution in [1.82, 2.24) is 9.97 Å². The first kappa shape index (κ1) is 27.8. The van der Waals surface area contributed by atoms with Crippen LogP contribution in [0.4, 0.5) is 0 Å². The van der Waals surface area contributed by atoms with Crippen LogP contribution in [0.2, 0.25) is 0 Å². The number of nitrogens with zero attached hydrogens (tertiary/aromatic N) is 2. The number of furan rings is 2. The lowest BCUT2D eigenvalue weighted by Crippen LogP contribution is -2.14. The summed E-state index contributed by atoms with van der Waals surface area (Å²) in [7, 11) is 0. The van der Waals surface area contributed by atoms with E-state index in [1.165, 1.54) is 22.3 Å². The van der Waals surface area contributed by atoms with E-state index in [1.54, 1.807) is 0 Å². The van der Waals surface area contributed by atoms with Gasteiger partial charge in [0.25, 0.3) is 0 Å². The van der Waals surface area contributed by atoms with E-state index in [4.69, 9.17) is 18.8 Å². The number of hydrogen-bond acceptors (Lipinski definition) is 4. The lowest BCUT2D eigenvalue weighted by Gasteiger charge is -2.21. The molecule has 0 N–H and O–H groups in total. The van der Waals surface area contributed by atoms with E-state index < -0.39 is 0 Å². The minimum Gasteiger partial charge on any atom is -0.456 e. The summed E-state index contributed by atoms with van der Waals surface area (Å²) >= 11 is 0. The fraction of sp³-hybridized carbons (Fsp3) is 0.0667. The Hall–Kier alpha value is -6.26. The lowest BCUT2D eigenvalue weighted by atomic mass is 9.82. The van der Waals surface area contributed by atoms with Gasteiger partial charge in [0.05, 0.1) is 17.0 Å². The van der Waals surface area contributed by atoms with Gasteiger partial charge in [-0.1, -0.05) is 129 Å². The zero-order valence-corrected chi connectivity index (χ0v) is 27.1. The zero-order valence-electron chi connectivity index (χ0n) is 27.1. The predicted molar refractivity (Wildman–Crippen MR) is 198 cm³/mol. The maximum Gasteiger partial charge on any atom is 0.164 e. The van der Waals surface area contributed by atoms with Crippen LogP contribution in [-0.2, 0) is 5.41 Å². The van der Waals surface area contributed by atoms with Crippen molar-refractivity contribution in [2.75, 3.05) is 0 Å². The van der Waals surface area contributed by atoms with E-state index in [0.29, 0.717) is 5.82 Å². The zero-order chi connectivity index (χ0) is 32.7. The Labute approximate surface area is 283 Å². The Morgan fingerprint density at radius 1 is 0.490 bits per heavy atom. The van der Waals surface area contributed by atoms with Gasteiger partial charge in [-0.3, -0.25) is 0 Å². The van der Waals surface area contributed by atoms with Crippen LogP contribution in [0.15, 0.2) is 154 Å². The molecular formula is C45H30N2O2. The quantitative estimate of drug-likeness (QED) is 0.194. The summed E-state index contributed by atoms with van der Waals surface area (Å²) in [5, 5.41) is 3.22. The minimum absolute atomic E-state index is 0.118. The molecule has 0 aliphatic heterocycles. The van der Waals surface area contributed by atoms with Crippen molar-refractivity contribution < 1.29 is 8.83 Å². The smallest absolute Gasteiger partial charge is 0.164 e. The number of fused-ring (bicyclic) bond motifs is 7. The third-order valence-electron chi connectivity index (χ3n) is 10.1. The third kappa shape index (κ3) is 4.24. The van der Waals surface area contributed by atoms with Crippen molar-refractivity contribution in [3.63, 3.8) is 0 Å². The fourth-order valence-electron chi connectivity index (χ4n) is 7.67. The summed E-state index contributed by atoms with van der Waals surface area (Å²) in [5.41, 5.74) is 13.2. The van der Waals surface area contributed by atoms with Gasteiger partial charge in [0, 0.05) is 38.3 Å². The monoisotopic (exact) mass is 630 g/mol. The Bertz CT molecular complexity index is 2710. The van der Waals surface area contributed by atoms with Crippen molar-refractivity contribution in [2.45, 2.75) is 19.3 Å². The Kier molecular flexibility index (Phi) is 5.89. The first-order valence-corrected chi connectivity index (χ1v) is 16.7. The standard InChI is InChI=1S/C45H30N2O2/c1-45(2)35-17-6-4-13-32(35)42-33(15-10-18-36(42)45)38-26-37(27-21-23-28(24-22-27)41-25-29-11-3-7-19-39(29)48-41)46-44(47-38)34-16-9-14-31-30-12-5-8-20-40(30)49-43(31)34/h3-26H,1-2H3. The molecule has 0 radical (unpaired) electrons. The maximum absolute atomic E-state index is 6.48. The molecule has 3 heterocycles. The van der Waals surface area contributed by atoms with Crippen LogP contribution in [0.5, 0.6) is 0 Å². The highest BCUT2D eigenvalue weighted by Gasteiger charge is 2.36. The molecule has 1 aliphatic carbocycles. The molecule has 10 rings (SSSR count). The van der Waals surface area contributed by atoms with Crippen molar-refractivity contribution >= 4 is 32.9 Å². The molecule has 0 saturated carbocycles. The number of para-hydroxylation sites is 3. The molecule has 0 unspecified atom stereocenters. The van der Waals surface area contributed by atoms with Crippen LogP contribution in [0, 0.1) is 0 Å². The average molecular weight is 631 g/mol. The van der Waals surface area contributed by atoms with E-state index in [9.17, 15) is 0 Å². The predicted octanol–water partition coefficient (Wildman–Crippen LogP) is 12.1. The van der Waals surface area contributed by atoms with Crippen molar-refractivity contribution in [2.24, 2.45) is 0 Å². The molecule has 6 aromatic carbocycles. The van der Waals surface area contributed by atoms with Gasteiger partial charge in [-0.05, 0) is 52.6 Å². The van der Waals surface area contributed by atoms with Crippen LogP contribution >= 0.6 is 0 Å². The summed E-state index contributed by atoms with van der Waals surface area (Å²) < 4.78 is 12.6. The topological polar surface area (TPSA) is 52.1 Å². The van der Waals surface area contributed by atoms with Gasteiger partial charge in [-0.2, -0.15) is 0 Å². The largest absolute Gasteiger partial charge is 0.456 e. The molecular weight excluding hydrogens is 601 g/mol. The Morgan fingerprint density at radius 3 is 2.02 bits per heavy atom. The molecule has 1 aliphatic rings. The molecule has 0 saturated heterocycles. The number of aromatic nitrogens is 2. The highest BCUT2D eigenvalue weighted by molar-refractivity contribution is 6.09. The van der Waals surface area contributed by atoms with Crippen LogP contribution < -0.4 is 0 Å². The lowest BCUT2D eigenvalue weighted by molar-refractivity contribution is 0.631. The minimum atomic E-state index is -0.118. The molecule has 4 nitrogen and oxygen atoms in total. The van der Waals surface area contributed by atoms with Crippen LogP contribution in [-0.4, -0.2) is 9.97 Å². The normalized spacial score (nSPS) is 13.3. The van der Waals surface area contributed by atoms with Crippen molar-refractivity contribution in [3.05, 3.63) is 157 Å². The maximum atomic E-state index is 6.48. The fourth-order valence-corrected chi connectivity index (χ4v) is 7.67. The van der Waals surface area contributed by atoms with Crippen molar-refractivity contribution in [1.29, 1.82) is 0 Å². The van der Waals surface area contributed by atoms with Gasteiger partial charge < -0.3 is 8.83 Å². The second kappa shape index (κ2) is 10.4. The molecule has 3 aromatic heterocycles. The van der Waals surface area contributed by atoms with Crippen molar-refractivity contribution in [3.8, 4) is 56.4 Å². The molecule has 0 amide bonds. The van der Waals surface area contributed by atoms with Gasteiger partial charge in [-0.25, -0.2) is 9.97 Å². The molecule has 0 bridgehead atoms. The summed E-state index contributed by atoms with van der Waals surface area (Å²) in [6.07, 6.45) is 0. The Morgan fingerprint density at radius 2 is 1.14 bits per heavy atom. The summed E-state index contributed by atoms with van der Waals surface area (Å²) in [6, 6.07) is 50.5. The van der Waals surface area contributed by atoms with E-state index in [1.807, 2.05) is 36.4 Å². The van der Waals surface area contributed by atoms with Gasteiger partial charge >= 0.3 is 0 Å². The van der Waals surface area contributed by atoms with Gasteiger partial charge in [0.2, 0.25) is 0 Å². The highest BCUT2D eigenvalue weighted by Crippen LogP contribution is 2.52.